The molecule has 0 fully saturated rings. The van der Waals surface area contributed by atoms with Gasteiger partial charge in [-0.15, -0.1) is 0 Å². The minimum absolute atomic E-state index is 0.102. The lowest BCUT2D eigenvalue weighted by molar-refractivity contribution is -0.121. The maximum absolute atomic E-state index is 12.6. The Labute approximate surface area is 177 Å². The Morgan fingerprint density at radius 2 is 1.90 bits per heavy atom. The molecule has 2 heterocycles. The van der Waals surface area contributed by atoms with Crippen LogP contribution in [-0.4, -0.2) is 35.4 Å². The van der Waals surface area contributed by atoms with Crippen molar-refractivity contribution in [3.63, 3.8) is 0 Å². The topological polar surface area (TPSA) is 113 Å². The van der Waals surface area contributed by atoms with Gasteiger partial charge in [0.15, 0.2) is 0 Å². The fourth-order valence-electron chi connectivity index (χ4n) is 3.84. The summed E-state index contributed by atoms with van der Waals surface area (Å²) in [5, 5.41) is 22.4. The molecule has 4 rings (SSSR count). The number of aliphatic hydroxyl groups excluding tert-OH is 2. The average Bonchev–Trinajstić information content (AvgIpc) is 3.21. The molecule has 0 saturated carbocycles. The summed E-state index contributed by atoms with van der Waals surface area (Å²) in [4.78, 5) is 24.9. The first-order valence-corrected chi connectivity index (χ1v) is 9.98. The van der Waals surface area contributed by atoms with Crippen LogP contribution in [0.5, 0.6) is 0 Å². The van der Waals surface area contributed by atoms with Gasteiger partial charge in [-0.3, -0.25) is 4.79 Å². The van der Waals surface area contributed by atoms with E-state index in [9.17, 15) is 14.7 Å². The van der Waals surface area contributed by atoms with Gasteiger partial charge in [-0.2, -0.15) is 0 Å². The van der Waals surface area contributed by atoms with Gasteiger partial charge in [0.1, 0.15) is 11.2 Å². The summed E-state index contributed by atoms with van der Waals surface area (Å²) in [6, 6.07) is 11.7. The number of aliphatic hydroxyl groups is 2. The quantitative estimate of drug-likeness (QED) is 0.413. The maximum Gasteiger partial charge on any atom is 0.340 e. The zero-order valence-corrected chi connectivity index (χ0v) is 17.3. The van der Waals surface area contributed by atoms with Gasteiger partial charge in [0.05, 0.1) is 36.3 Å². The Balaban J connectivity index is 1.83. The summed E-state index contributed by atoms with van der Waals surface area (Å²) in [7, 11) is 0. The van der Waals surface area contributed by atoms with Crippen LogP contribution in [0.25, 0.3) is 33.1 Å². The number of hydrogen-bond donors (Lipinski definition) is 3. The van der Waals surface area contributed by atoms with E-state index in [0.717, 1.165) is 22.1 Å². The smallest absolute Gasteiger partial charge is 0.340 e. The summed E-state index contributed by atoms with van der Waals surface area (Å²) in [5.41, 5.74) is 4.14. The third-order valence-corrected chi connectivity index (χ3v) is 5.45. The monoisotopic (exact) mass is 421 g/mol. The number of furan rings is 1. The molecular weight excluding hydrogens is 398 g/mol. The highest BCUT2D eigenvalue weighted by atomic mass is 16.4. The predicted molar refractivity (Wildman–Crippen MR) is 117 cm³/mol. The molecule has 4 aromatic rings. The van der Waals surface area contributed by atoms with Crippen LogP contribution in [0.3, 0.4) is 0 Å². The summed E-state index contributed by atoms with van der Waals surface area (Å²) < 4.78 is 11.5. The van der Waals surface area contributed by atoms with Gasteiger partial charge in [-0.05, 0) is 36.6 Å². The van der Waals surface area contributed by atoms with Crippen LogP contribution in [0.15, 0.2) is 56.3 Å². The lowest BCUT2D eigenvalue weighted by atomic mass is 9.96. The number of carbonyl (C=O) groups excluding carboxylic acids is 1. The van der Waals surface area contributed by atoms with Gasteiger partial charge < -0.3 is 24.4 Å². The van der Waals surface area contributed by atoms with Crippen LogP contribution >= 0.6 is 0 Å². The van der Waals surface area contributed by atoms with Crippen LogP contribution < -0.4 is 10.9 Å². The molecule has 7 nitrogen and oxygen atoms in total. The molecule has 0 aliphatic rings. The van der Waals surface area contributed by atoms with Crippen LogP contribution in [0.4, 0.5) is 0 Å². The van der Waals surface area contributed by atoms with Gasteiger partial charge in [-0.1, -0.05) is 30.3 Å². The molecule has 160 valence electrons. The molecule has 31 heavy (non-hydrogen) atoms. The Hall–Kier alpha value is -3.42. The first-order valence-electron chi connectivity index (χ1n) is 9.98. The number of nitrogens with one attached hydrogen (secondary N) is 1. The second-order valence-electron chi connectivity index (χ2n) is 7.60. The number of rotatable bonds is 6. The van der Waals surface area contributed by atoms with Crippen LogP contribution in [0.2, 0.25) is 0 Å². The molecule has 0 spiro atoms. The van der Waals surface area contributed by atoms with E-state index in [0.29, 0.717) is 22.1 Å². The summed E-state index contributed by atoms with van der Waals surface area (Å²) in [6.07, 6.45) is 0.434. The molecule has 0 radical (unpaired) electrons. The third kappa shape index (κ3) is 3.85. The van der Waals surface area contributed by atoms with Crippen molar-refractivity contribution in [3.8, 4) is 11.1 Å². The molecule has 2 aromatic heterocycles. The molecule has 7 heteroatoms. The molecular formula is C24H23NO6. The van der Waals surface area contributed by atoms with Crippen LogP contribution in [-0.2, 0) is 11.2 Å². The Morgan fingerprint density at radius 3 is 2.61 bits per heavy atom. The van der Waals surface area contributed by atoms with E-state index in [4.69, 9.17) is 13.9 Å². The molecule has 1 unspecified atom stereocenters. The van der Waals surface area contributed by atoms with E-state index in [1.165, 1.54) is 0 Å². The fraction of sp³-hybridized carbons (Fsp3) is 0.250. The van der Waals surface area contributed by atoms with Gasteiger partial charge in [0.2, 0.25) is 5.91 Å². The summed E-state index contributed by atoms with van der Waals surface area (Å²) in [5.74, 6) is -0.449. The number of benzene rings is 2. The fourth-order valence-corrected chi connectivity index (χ4v) is 3.84. The van der Waals surface area contributed by atoms with E-state index in [-0.39, 0.29) is 18.5 Å². The molecule has 0 aliphatic carbocycles. The van der Waals surface area contributed by atoms with Crippen LogP contribution in [0, 0.1) is 13.8 Å². The van der Waals surface area contributed by atoms with Crippen molar-refractivity contribution in [2.45, 2.75) is 26.4 Å². The number of aryl methyl sites for hydroxylation is 2. The summed E-state index contributed by atoms with van der Waals surface area (Å²) >= 11 is 0. The molecule has 0 saturated heterocycles. The molecule has 2 aromatic carbocycles. The van der Waals surface area contributed by atoms with Crippen LogP contribution in [0.1, 0.15) is 16.7 Å². The highest BCUT2D eigenvalue weighted by Gasteiger charge is 2.21. The lowest BCUT2D eigenvalue weighted by Crippen LogP contribution is -2.35. The molecule has 0 aliphatic heterocycles. The molecule has 0 bridgehead atoms. The first-order chi connectivity index (χ1) is 14.9. The number of fused-ring (bicyclic) bond motifs is 3. The van der Waals surface area contributed by atoms with E-state index in [1.54, 1.807) is 13.2 Å². The largest absolute Gasteiger partial charge is 0.463 e. The van der Waals surface area contributed by atoms with Crippen molar-refractivity contribution in [2.24, 2.45) is 0 Å². The van der Waals surface area contributed by atoms with Crippen molar-refractivity contribution in [1.29, 1.82) is 0 Å². The zero-order chi connectivity index (χ0) is 22.1. The zero-order valence-electron chi connectivity index (χ0n) is 17.3. The van der Waals surface area contributed by atoms with Gasteiger partial charge in [0, 0.05) is 17.5 Å². The number of hydrogen-bond acceptors (Lipinski definition) is 6. The van der Waals surface area contributed by atoms with Gasteiger partial charge in [0.25, 0.3) is 0 Å². The highest BCUT2D eigenvalue weighted by molar-refractivity contribution is 6.11. The van der Waals surface area contributed by atoms with Crippen molar-refractivity contribution < 1.29 is 23.8 Å². The predicted octanol–water partition coefficient (Wildman–Crippen LogP) is 2.83. The Bertz CT molecular complexity index is 1320. The van der Waals surface area contributed by atoms with E-state index in [1.807, 2.05) is 43.3 Å². The van der Waals surface area contributed by atoms with Crippen molar-refractivity contribution in [1.82, 2.24) is 5.32 Å². The van der Waals surface area contributed by atoms with E-state index < -0.39 is 24.2 Å². The average molecular weight is 421 g/mol. The minimum Gasteiger partial charge on any atom is -0.463 e. The lowest BCUT2D eigenvalue weighted by Gasteiger charge is -2.11. The highest BCUT2D eigenvalue weighted by Crippen LogP contribution is 2.38. The third-order valence-electron chi connectivity index (χ3n) is 5.45. The SMILES string of the molecule is Cc1cc2oc(=O)c(CC(=O)NCC(O)CO)c(C)c2c2occ(-c3ccccc3)c12. The minimum atomic E-state index is -1.06. The Kier molecular flexibility index (Phi) is 5.63. The maximum atomic E-state index is 12.6. The van der Waals surface area contributed by atoms with Crippen molar-refractivity contribution in [2.75, 3.05) is 13.2 Å². The molecule has 3 N–H and O–H groups in total. The van der Waals surface area contributed by atoms with Crippen molar-refractivity contribution in [3.05, 3.63) is 69.8 Å². The van der Waals surface area contributed by atoms with E-state index >= 15 is 0 Å². The first kappa shape index (κ1) is 20.8. The van der Waals surface area contributed by atoms with Crippen molar-refractivity contribution >= 4 is 27.8 Å². The van der Waals surface area contributed by atoms with Gasteiger partial charge in [-0.25, -0.2) is 4.79 Å². The standard InChI is InChI=1S/C24H23NO6/c1-13-8-19-22(23-21(13)18(12-30-23)15-6-4-3-5-7-15)14(2)17(24(29)31-19)9-20(28)25-10-16(27)11-26/h3-8,12,16,26-27H,9-11H2,1-2H3,(H,25,28). The Morgan fingerprint density at radius 1 is 1.16 bits per heavy atom. The second-order valence-corrected chi connectivity index (χ2v) is 7.60. The molecule has 1 amide bonds. The summed E-state index contributed by atoms with van der Waals surface area (Å²) in [6.45, 7) is 3.14. The molecule has 1 atom stereocenters. The number of carbonyl (C=O) groups is 1. The van der Waals surface area contributed by atoms with Gasteiger partial charge >= 0.3 is 5.63 Å². The normalized spacial score (nSPS) is 12.4. The second kappa shape index (κ2) is 8.37. The number of amides is 1. The van der Waals surface area contributed by atoms with E-state index in [2.05, 4.69) is 5.32 Å².